The third-order valence-corrected chi connectivity index (χ3v) is 1.96. The second-order valence-electron chi connectivity index (χ2n) is 3.43. The van der Waals surface area contributed by atoms with Crippen LogP contribution in [-0.2, 0) is 14.6 Å². The molecule has 0 heterocycles. The van der Waals surface area contributed by atoms with Gasteiger partial charge in [-0.3, -0.25) is 0 Å². The predicted octanol–water partition coefficient (Wildman–Crippen LogP) is 2.28. The first-order valence-electron chi connectivity index (χ1n) is 5.36. The second kappa shape index (κ2) is 7.73. The number of nitrogens with zero attached hydrogens (tertiary/aromatic N) is 1. The first-order valence-corrected chi connectivity index (χ1v) is 5.36. The van der Waals surface area contributed by atoms with Gasteiger partial charge in [-0.1, -0.05) is 19.9 Å². The van der Waals surface area contributed by atoms with E-state index in [0.29, 0.717) is 13.1 Å². The molecule has 0 unspecified atom stereocenters. The summed E-state index contributed by atoms with van der Waals surface area (Å²) in [7, 11) is 0. The zero-order valence-corrected chi connectivity index (χ0v) is 10.1. The summed E-state index contributed by atoms with van der Waals surface area (Å²) in [5.74, 6) is -0.736. The van der Waals surface area contributed by atoms with E-state index in [1.54, 1.807) is 0 Å². The summed E-state index contributed by atoms with van der Waals surface area (Å²) in [5, 5.41) is 0. The Kier molecular flexibility index (Phi) is 7.00. The number of hydrogen-bond donors (Lipinski definition) is 0. The molecule has 0 aliphatic rings. The fourth-order valence-corrected chi connectivity index (χ4v) is 0.925. The van der Waals surface area contributed by atoms with Crippen LogP contribution in [0.4, 0.5) is 4.79 Å². The van der Waals surface area contributed by atoms with E-state index in [9.17, 15) is 9.59 Å². The van der Waals surface area contributed by atoms with Gasteiger partial charge in [-0.25, -0.2) is 19.4 Å². The highest BCUT2D eigenvalue weighted by molar-refractivity contribution is 5.87. The molecule has 0 radical (unpaired) electrons. The molecule has 5 nitrogen and oxygen atoms in total. The summed E-state index contributed by atoms with van der Waals surface area (Å²) in [6, 6.07) is 0. The minimum Gasteiger partial charge on any atom is -0.305 e. The first kappa shape index (κ1) is 14.5. The van der Waals surface area contributed by atoms with Gasteiger partial charge in [0.15, 0.2) is 0 Å². The lowest BCUT2D eigenvalue weighted by Gasteiger charge is -2.18. The van der Waals surface area contributed by atoms with Crippen molar-refractivity contribution < 1.29 is 19.4 Å². The van der Waals surface area contributed by atoms with Gasteiger partial charge in [-0.2, -0.15) is 0 Å². The van der Waals surface area contributed by atoms with Gasteiger partial charge in [-0.05, 0) is 20.3 Å². The molecule has 0 rings (SSSR count). The topological polar surface area (TPSA) is 55.8 Å². The van der Waals surface area contributed by atoms with Crippen LogP contribution in [0.3, 0.4) is 0 Å². The average molecular weight is 229 g/mol. The van der Waals surface area contributed by atoms with Gasteiger partial charge >= 0.3 is 12.1 Å². The number of unbranched alkanes of at least 4 members (excludes halogenated alkanes) is 1. The summed E-state index contributed by atoms with van der Waals surface area (Å²) < 4.78 is 0. The van der Waals surface area contributed by atoms with E-state index in [1.165, 1.54) is 11.8 Å². The highest BCUT2D eigenvalue weighted by atomic mass is 17.2. The van der Waals surface area contributed by atoms with E-state index in [0.717, 1.165) is 12.8 Å². The maximum Gasteiger partial charge on any atom is 0.453 e. The van der Waals surface area contributed by atoms with Crippen LogP contribution in [0.2, 0.25) is 0 Å². The zero-order chi connectivity index (χ0) is 12.6. The minimum atomic E-state index is -0.736. The molecule has 0 bridgehead atoms. The number of carbonyl (C=O) groups is 2. The van der Waals surface area contributed by atoms with Gasteiger partial charge in [0.1, 0.15) is 0 Å². The SMILES string of the molecule is C=C(C)C(=O)OOC(=O)N(CC)CCCC. The van der Waals surface area contributed by atoms with Gasteiger partial charge < -0.3 is 4.90 Å². The van der Waals surface area contributed by atoms with Crippen LogP contribution in [0, 0.1) is 0 Å². The lowest BCUT2D eigenvalue weighted by atomic mass is 10.3. The van der Waals surface area contributed by atoms with E-state index < -0.39 is 12.1 Å². The van der Waals surface area contributed by atoms with E-state index in [1.807, 2.05) is 13.8 Å². The zero-order valence-electron chi connectivity index (χ0n) is 10.1. The summed E-state index contributed by atoms with van der Waals surface area (Å²) >= 11 is 0. The van der Waals surface area contributed by atoms with Crippen molar-refractivity contribution in [3.8, 4) is 0 Å². The largest absolute Gasteiger partial charge is 0.453 e. The summed E-state index contributed by atoms with van der Waals surface area (Å²) in [4.78, 5) is 32.5. The van der Waals surface area contributed by atoms with Gasteiger partial charge in [0, 0.05) is 18.7 Å². The molecule has 0 saturated heterocycles. The second-order valence-corrected chi connectivity index (χ2v) is 3.43. The van der Waals surface area contributed by atoms with Gasteiger partial charge in [0.05, 0.1) is 0 Å². The van der Waals surface area contributed by atoms with Crippen LogP contribution in [0.25, 0.3) is 0 Å². The lowest BCUT2D eigenvalue weighted by molar-refractivity contribution is -0.232. The van der Waals surface area contributed by atoms with E-state index in [4.69, 9.17) is 0 Å². The standard InChI is InChI=1S/C11H19NO4/c1-5-7-8-12(6-2)11(14)16-15-10(13)9(3)4/h3,5-8H2,1-2,4H3. The van der Waals surface area contributed by atoms with Crippen molar-refractivity contribution in [2.75, 3.05) is 13.1 Å². The molecule has 1 amide bonds. The minimum absolute atomic E-state index is 0.185. The Hall–Kier alpha value is -1.52. The van der Waals surface area contributed by atoms with Crippen molar-refractivity contribution in [3.05, 3.63) is 12.2 Å². The van der Waals surface area contributed by atoms with Crippen LogP contribution < -0.4 is 0 Å². The van der Waals surface area contributed by atoms with Crippen LogP contribution in [0.1, 0.15) is 33.6 Å². The van der Waals surface area contributed by atoms with Gasteiger partial charge in [0.25, 0.3) is 0 Å². The van der Waals surface area contributed by atoms with E-state index >= 15 is 0 Å². The first-order chi connectivity index (χ1) is 7.52. The monoisotopic (exact) mass is 229 g/mol. The predicted molar refractivity (Wildman–Crippen MR) is 59.5 cm³/mol. The van der Waals surface area contributed by atoms with Gasteiger partial charge in [0.2, 0.25) is 0 Å². The van der Waals surface area contributed by atoms with Crippen LogP contribution >= 0.6 is 0 Å². The number of amides is 1. The Labute approximate surface area is 95.9 Å². The van der Waals surface area contributed by atoms with Crippen molar-refractivity contribution in [2.24, 2.45) is 0 Å². The molecule has 16 heavy (non-hydrogen) atoms. The molecule has 0 N–H and O–H groups in total. The molecule has 92 valence electrons. The quantitative estimate of drug-likeness (QED) is 0.412. The highest BCUT2D eigenvalue weighted by Gasteiger charge is 2.16. The van der Waals surface area contributed by atoms with Crippen molar-refractivity contribution in [1.82, 2.24) is 4.90 Å². The van der Waals surface area contributed by atoms with Gasteiger partial charge in [-0.15, -0.1) is 0 Å². The summed E-state index contributed by atoms with van der Waals surface area (Å²) in [5.41, 5.74) is 0.185. The number of carbonyl (C=O) groups excluding carboxylic acids is 2. The molecule has 0 aliphatic heterocycles. The smallest absolute Gasteiger partial charge is 0.305 e. The molecule has 0 fully saturated rings. The Balaban J connectivity index is 4.01. The van der Waals surface area contributed by atoms with Crippen molar-refractivity contribution in [2.45, 2.75) is 33.6 Å². The van der Waals surface area contributed by atoms with E-state index in [2.05, 4.69) is 16.4 Å². The van der Waals surface area contributed by atoms with Crippen LogP contribution in [0.5, 0.6) is 0 Å². The third kappa shape index (κ3) is 5.38. The molecule has 0 atom stereocenters. The third-order valence-electron chi connectivity index (χ3n) is 1.96. The molecular formula is C11H19NO4. The fraction of sp³-hybridized carbons (Fsp3) is 0.636. The Bertz CT molecular complexity index is 263. The lowest BCUT2D eigenvalue weighted by Crippen LogP contribution is -2.33. The molecule has 0 aromatic carbocycles. The molecule has 0 aromatic heterocycles. The normalized spacial score (nSPS) is 9.44. The summed E-state index contributed by atoms with van der Waals surface area (Å²) in [6.07, 6.45) is 1.22. The fourth-order valence-electron chi connectivity index (χ4n) is 0.925. The molecule has 0 spiro atoms. The molecular weight excluding hydrogens is 210 g/mol. The summed E-state index contributed by atoms with van der Waals surface area (Å²) in [6.45, 7) is 9.82. The Morgan fingerprint density at radius 3 is 2.31 bits per heavy atom. The number of hydrogen-bond acceptors (Lipinski definition) is 4. The molecule has 5 heteroatoms. The van der Waals surface area contributed by atoms with E-state index in [-0.39, 0.29) is 5.57 Å². The molecule has 0 aliphatic carbocycles. The number of rotatable bonds is 5. The van der Waals surface area contributed by atoms with Crippen molar-refractivity contribution >= 4 is 12.1 Å². The average Bonchev–Trinajstić information content (AvgIpc) is 2.26. The van der Waals surface area contributed by atoms with Crippen molar-refractivity contribution in [1.29, 1.82) is 0 Å². The maximum atomic E-state index is 11.4. The maximum absolute atomic E-state index is 11.4. The highest BCUT2D eigenvalue weighted by Crippen LogP contribution is 2.00. The van der Waals surface area contributed by atoms with Crippen LogP contribution in [-0.4, -0.2) is 30.1 Å². The Morgan fingerprint density at radius 2 is 1.88 bits per heavy atom. The van der Waals surface area contributed by atoms with Crippen LogP contribution in [0.15, 0.2) is 12.2 Å². The molecule has 0 saturated carbocycles. The molecule has 0 aromatic rings. The Morgan fingerprint density at radius 1 is 1.25 bits per heavy atom. The van der Waals surface area contributed by atoms with Crippen molar-refractivity contribution in [3.63, 3.8) is 0 Å².